The Balaban J connectivity index is 3.07. The fourth-order valence-corrected chi connectivity index (χ4v) is 0.926. The van der Waals surface area contributed by atoms with Crippen LogP contribution in [0.15, 0.2) is 18.2 Å². The van der Waals surface area contributed by atoms with E-state index < -0.39 is 0 Å². The lowest BCUT2D eigenvalue weighted by Gasteiger charge is -2.01. The Bertz CT molecular complexity index is 354. The number of rotatable bonds is 3. The number of carbonyl (C=O) groups excluding carboxylic acids is 1. The van der Waals surface area contributed by atoms with Gasteiger partial charge in [0.1, 0.15) is 5.75 Å². The summed E-state index contributed by atoms with van der Waals surface area (Å²) in [6.45, 7) is 0.0827. The summed E-state index contributed by atoms with van der Waals surface area (Å²) in [5.74, 6) is 0.295. The third-order valence-electron chi connectivity index (χ3n) is 1.56. The van der Waals surface area contributed by atoms with Gasteiger partial charge in [-0.05, 0) is 17.7 Å². The van der Waals surface area contributed by atoms with Gasteiger partial charge in [-0.3, -0.25) is 4.79 Å². The first-order chi connectivity index (χ1) is 6.31. The summed E-state index contributed by atoms with van der Waals surface area (Å²) in [5.41, 5.74) is 0.822. The van der Waals surface area contributed by atoms with E-state index in [1.54, 1.807) is 0 Å². The van der Waals surface area contributed by atoms with Gasteiger partial charge in [0.15, 0.2) is 0 Å². The summed E-state index contributed by atoms with van der Waals surface area (Å²) in [6.07, 6.45) is 0. The number of hydrogen-bond donors (Lipinski definition) is 1. The molecule has 1 rings (SSSR count). The molecule has 1 aromatic carbocycles. The van der Waals surface area contributed by atoms with Crippen molar-refractivity contribution in [2.45, 2.75) is 6.61 Å². The van der Waals surface area contributed by atoms with E-state index in [-0.39, 0.29) is 13.1 Å². The molecule has 0 aliphatic heterocycles. The van der Waals surface area contributed by atoms with Gasteiger partial charge in [-0.25, -0.2) is 0 Å². The Morgan fingerprint density at radius 1 is 1.62 bits per heavy atom. The number of nitriles is 1. The third-order valence-corrected chi connectivity index (χ3v) is 1.56. The summed E-state index contributed by atoms with van der Waals surface area (Å²) in [4.78, 5) is 9.97. The normalized spacial score (nSPS) is 8.92. The molecule has 66 valence electrons. The Morgan fingerprint density at radius 3 is 2.92 bits per heavy atom. The number of benzene rings is 1. The Morgan fingerprint density at radius 2 is 2.38 bits per heavy atom. The SMILES string of the molecule is N#Cc1cc(OC=O)ccc1CO. The van der Waals surface area contributed by atoms with Crippen molar-refractivity contribution >= 4 is 6.47 Å². The van der Waals surface area contributed by atoms with Crippen molar-refractivity contribution < 1.29 is 14.6 Å². The second kappa shape index (κ2) is 4.24. The standard InChI is InChI=1S/C9H7NO3/c10-4-8-3-9(13-6-12)2-1-7(8)5-11/h1-3,6,11H,5H2. The van der Waals surface area contributed by atoms with Crippen LogP contribution in [0.3, 0.4) is 0 Å². The summed E-state index contributed by atoms with van der Waals surface area (Å²) in [5, 5.41) is 17.4. The minimum absolute atomic E-state index is 0.204. The molecule has 0 fully saturated rings. The summed E-state index contributed by atoms with van der Waals surface area (Å²) in [6, 6.07) is 6.35. The third kappa shape index (κ3) is 2.04. The predicted octanol–water partition coefficient (Wildman–Crippen LogP) is 0.586. The zero-order chi connectivity index (χ0) is 9.68. The van der Waals surface area contributed by atoms with Crippen LogP contribution in [0.2, 0.25) is 0 Å². The monoisotopic (exact) mass is 177 g/mol. The van der Waals surface area contributed by atoms with Crippen LogP contribution in [0.1, 0.15) is 11.1 Å². The molecule has 0 amide bonds. The van der Waals surface area contributed by atoms with Gasteiger partial charge in [0.25, 0.3) is 6.47 Å². The predicted molar refractivity (Wildman–Crippen MR) is 43.8 cm³/mol. The van der Waals surface area contributed by atoms with Crippen molar-refractivity contribution in [1.82, 2.24) is 0 Å². The molecule has 0 aliphatic rings. The van der Waals surface area contributed by atoms with Crippen molar-refractivity contribution in [3.63, 3.8) is 0 Å². The van der Waals surface area contributed by atoms with Gasteiger partial charge in [-0.15, -0.1) is 0 Å². The Labute approximate surface area is 75.0 Å². The Kier molecular flexibility index (Phi) is 3.01. The molecule has 0 saturated heterocycles. The molecular weight excluding hydrogens is 170 g/mol. The molecule has 0 radical (unpaired) electrons. The van der Waals surface area contributed by atoms with Crippen LogP contribution in [0.25, 0.3) is 0 Å². The zero-order valence-corrected chi connectivity index (χ0v) is 6.73. The van der Waals surface area contributed by atoms with E-state index in [9.17, 15) is 4.79 Å². The fraction of sp³-hybridized carbons (Fsp3) is 0.111. The van der Waals surface area contributed by atoms with Gasteiger partial charge >= 0.3 is 0 Å². The molecule has 13 heavy (non-hydrogen) atoms. The van der Waals surface area contributed by atoms with Crippen LogP contribution in [0, 0.1) is 11.3 Å². The molecule has 1 N–H and O–H groups in total. The summed E-state index contributed by atoms with van der Waals surface area (Å²) < 4.78 is 4.53. The number of ether oxygens (including phenoxy) is 1. The quantitative estimate of drug-likeness (QED) is 0.686. The number of carbonyl (C=O) groups is 1. The van der Waals surface area contributed by atoms with Gasteiger partial charge in [0.05, 0.1) is 18.2 Å². The number of nitrogens with zero attached hydrogens (tertiary/aromatic N) is 1. The van der Waals surface area contributed by atoms with Gasteiger partial charge in [-0.2, -0.15) is 5.26 Å². The first kappa shape index (κ1) is 9.23. The molecule has 0 atom stereocenters. The molecule has 4 nitrogen and oxygen atoms in total. The van der Waals surface area contributed by atoms with E-state index in [1.165, 1.54) is 18.2 Å². The minimum atomic E-state index is -0.204. The maximum absolute atomic E-state index is 9.97. The average molecular weight is 177 g/mol. The van der Waals surface area contributed by atoms with Crippen molar-refractivity contribution in [2.24, 2.45) is 0 Å². The highest BCUT2D eigenvalue weighted by Crippen LogP contribution is 2.16. The lowest BCUT2D eigenvalue weighted by atomic mass is 10.1. The van der Waals surface area contributed by atoms with Crippen LogP contribution < -0.4 is 4.74 Å². The van der Waals surface area contributed by atoms with E-state index in [0.717, 1.165) is 0 Å². The second-order valence-corrected chi connectivity index (χ2v) is 2.30. The van der Waals surface area contributed by atoms with E-state index in [2.05, 4.69) is 4.74 Å². The van der Waals surface area contributed by atoms with E-state index in [0.29, 0.717) is 16.9 Å². The van der Waals surface area contributed by atoms with E-state index in [4.69, 9.17) is 10.4 Å². The second-order valence-electron chi connectivity index (χ2n) is 2.30. The molecule has 0 spiro atoms. The molecule has 0 aliphatic carbocycles. The van der Waals surface area contributed by atoms with Crippen molar-refractivity contribution in [3.8, 4) is 11.8 Å². The highest BCUT2D eigenvalue weighted by Gasteiger charge is 2.02. The van der Waals surface area contributed by atoms with Crippen molar-refractivity contribution in [3.05, 3.63) is 29.3 Å². The first-order valence-corrected chi connectivity index (χ1v) is 3.56. The van der Waals surface area contributed by atoms with E-state index in [1.807, 2.05) is 6.07 Å². The molecular formula is C9H7NO3. The molecule has 4 heteroatoms. The van der Waals surface area contributed by atoms with Crippen LogP contribution in [-0.4, -0.2) is 11.6 Å². The highest BCUT2D eigenvalue weighted by atomic mass is 16.5. The van der Waals surface area contributed by atoms with Gasteiger partial charge in [0, 0.05) is 0 Å². The van der Waals surface area contributed by atoms with Crippen molar-refractivity contribution in [2.75, 3.05) is 0 Å². The Hall–Kier alpha value is -1.86. The lowest BCUT2D eigenvalue weighted by Crippen LogP contribution is -1.93. The molecule has 0 aromatic heterocycles. The van der Waals surface area contributed by atoms with Crippen molar-refractivity contribution in [1.29, 1.82) is 5.26 Å². The zero-order valence-electron chi connectivity index (χ0n) is 6.73. The number of hydrogen-bond acceptors (Lipinski definition) is 4. The smallest absolute Gasteiger partial charge is 0.298 e. The number of aliphatic hydroxyl groups is 1. The average Bonchev–Trinajstić information content (AvgIpc) is 2.18. The largest absolute Gasteiger partial charge is 0.429 e. The first-order valence-electron chi connectivity index (χ1n) is 3.56. The van der Waals surface area contributed by atoms with Crippen LogP contribution in [-0.2, 0) is 11.4 Å². The molecule has 0 bridgehead atoms. The topological polar surface area (TPSA) is 70.3 Å². The molecule has 0 saturated carbocycles. The van der Waals surface area contributed by atoms with Crippen LogP contribution in [0.4, 0.5) is 0 Å². The van der Waals surface area contributed by atoms with E-state index >= 15 is 0 Å². The highest BCUT2D eigenvalue weighted by molar-refractivity contribution is 5.49. The van der Waals surface area contributed by atoms with Crippen LogP contribution >= 0.6 is 0 Å². The maximum Gasteiger partial charge on any atom is 0.298 e. The summed E-state index contributed by atoms with van der Waals surface area (Å²) >= 11 is 0. The fourth-order valence-electron chi connectivity index (χ4n) is 0.926. The lowest BCUT2D eigenvalue weighted by molar-refractivity contribution is -0.120. The summed E-state index contributed by atoms with van der Waals surface area (Å²) in [7, 11) is 0. The molecule has 0 unspecified atom stereocenters. The molecule has 1 aromatic rings. The van der Waals surface area contributed by atoms with Crippen LogP contribution in [0.5, 0.6) is 5.75 Å². The maximum atomic E-state index is 9.97. The number of aliphatic hydroxyl groups excluding tert-OH is 1. The minimum Gasteiger partial charge on any atom is -0.429 e. The van der Waals surface area contributed by atoms with Gasteiger partial charge in [-0.1, -0.05) is 6.07 Å². The molecule has 0 heterocycles. The van der Waals surface area contributed by atoms with Gasteiger partial charge in [0.2, 0.25) is 0 Å². The van der Waals surface area contributed by atoms with Gasteiger partial charge < -0.3 is 9.84 Å².